The van der Waals surface area contributed by atoms with Gasteiger partial charge in [-0.3, -0.25) is 0 Å². The maximum atomic E-state index is 4.13. The van der Waals surface area contributed by atoms with E-state index in [9.17, 15) is 0 Å². The quantitative estimate of drug-likeness (QED) is 0.645. The lowest BCUT2D eigenvalue weighted by Gasteiger charge is -2.43. The molecule has 0 saturated carbocycles. The van der Waals surface area contributed by atoms with E-state index in [0.717, 1.165) is 6.54 Å². The Labute approximate surface area is 82.2 Å². The molecule has 0 aromatic rings. The molecule has 1 saturated heterocycles. The van der Waals surface area contributed by atoms with Crippen molar-refractivity contribution in [1.29, 1.82) is 0 Å². The summed E-state index contributed by atoms with van der Waals surface area (Å²) in [7, 11) is 2.13. The molecule has 2 heteroatoms. The maximum Gasteiger partial charge on any atom is 0.0965 e. The summed E-state index contributed by atoms with van der Waals surface area (Å²) in [6, 6.07) is 0.607. The second kappa shape index (κ2) is 4.03. The van der Waals surface area contributed by atoms with Gasteiger partial charge in [0.15, 0.2) is 0 Å². The van der Waals surface area contributed by atoms with Crippen LogP contribution in [-0.4, -0.2) is 36.0 Å². The van der Waals surface area contributed by atoms with Gasteiger partial charge in [0.2, 0.25) is 0 Å². The van der Waals surface area contributed by atoms with Crippen molar-refractivity contribution >= 4 is 0 Å². The minimum atomic E-state index is 0.607. The molecule has 2 nitrogen and oxygen atoms in total. The number of nitrogens with zero attached hydrogens (tertiary/aromatic N) is 2. The minimum absolute atomic E-state index is 0.607. The summed E-state index contributed by atoms with van der Waals surface area (Å²) in [5.41, 5.74) is 0. The molecule has 1 aliphatic heterocycles. The van der Waals surface area contributed by atoms with Crippen LogP contribution in [-0.2, 0) is 0 Å². The Bertz CT molecular complexity index is 187. The molecule has 0 aromatic carbocycles. The fourth-order valence-corrected chi connectivity index (χ4v) is 1.75. The fraction of sp³-hybridized carbons (Fsp3) is 0.818. The second-order valence-corrected chi connectivity index (χ2v) is 4.37. The van der Waals surface area contributed by atoms with Crippen molar-refractivity contribution in [2.75, 3.05) is 20.1 Å². The van der Waals surface area contributed by atoms with Gasteiger partial charge in [-0.05, 0) is 19.3 Å². The highest BCUT2D eigenvalue weighted by molar-refractivity contribution is 4.98. The summed E-state index contributed by atoms with van der Waals surface area (Å²) in [5.74, 6) is 1.88. The first-order valence-corrected chi connectivity index (χ1v) is 5.20. The van der Waals surface area contributed by atoms with E-state index in [-0.39, 0.29) is 0 Å². The summed E-state index contributed by atoms with van der Waals surface area (Å²) < 4.78 is 0. The zero-order valence-electron chi connectivity index (χ0n) is 9.38. The van der Waals surface area contributed by atoms with Gasteiger partial charge in [0.1, 0.15) is 0 Å². The van der Waals surface area contributed by atoms with Crippen LogP contribution < -0.4 is 0 Å². The van der Waals surface area contributed by atoms with E-state index in [1.54, 1.807) is 0 Å². The maximum absolute atomic E-state index is 4.13. The summed E-state index contributed by atoms with van der Waals surface area (Å²) in [6.07, 6.45) is 1.26. The van der Waals surface area contributed by atoms with Gasteiger partial charge >= 0.3 is 0 Å². The first-order valence-electron chi connectivity index (χ1n) is 5.20. The Hall–Kier alpha value is -0.660. The summed E-state index contributed by atoms with van der Waals surface area (Å²) >= 11 is 0. The molecule has 1 aliphatic rings. The van der Waals surface area contributed by atoms with Crippen LogP contribution in [0.25, 0.3) is 0 Å². The average Bonchev–Trinajstić information content (AvgIpc) is 2.08. The summed E-state index contributed by atoms with van der Waals surface area (Å²) in [5, 5.41) is 0. The highest BCUT2D eigenvalue weighted by Gasteiger charge is 2.23. The van der Waals surface area contributed by atoms with E-state index in [4.69, 9.17) is 0 Å². The molecule has 1 unspecified atom stereocenters. The van der Waals surface area contributed by atoms with E-state index < -0.39 is 0 Å². The van der Waals surface area contributed by atoms with E-state index in [1.165, 1.54) is 18.8 Å². The summed E-state index contributed by atoms with van der Waals surface area (Å²) in [6.45, 7) is 13.3. The molecule has 0 aliphatic carbocycles. The van der Waals surface area contributed by atoms with Crippen LogP contribution in [0.15, 0.2) is 12.4 Å². The van der Waals surface area contributed by atoms with Crippen molar-refractivity contribution in [3.05, 3.63) is 12.4 Å². The van der Waals surface area contributed by atoms with E-state index in [1.807, 2.05) is 0 Å². The molecule has 0 spiro atoms. The molecule has 1 rings (SSSR count). The van der Waals surface area contributed by atoms with Crippen LogP contribution >= 0.6 is 0 Å². The molecule has 1 fully saturated rings. The fourth-order valence-electron chi connectivity index (χ4n) is 1.75. The zero-order valence-corrected chi connectivity index (χ0v) is 9.38. The third-order valence-corrected chi connectivity index (χ3v) is 3.12. The Kier molecular flexibility index (Phi) is 3.23. The Morgan fingerprint density at radius 3 is 2.38 bits per heavy atom. The zero-order chi connectivity index (χ0) is 10.0. The van der Waals surface area contributed by atoms with Crippen molar-refractivity contribution in [1.82, 2.24) is 9.80 Å². The van der Waals surface area contributed by atoms with Gasteiger partial charge in [0.05, 0.1) is 5.82 Å². The van der Waals surface area contributed by atoms with Gasteiger partial charge in [0, 0.05) is 26.2 Å². The standard InChI is InChI=1S/C11H22N2/c1-9(2)10(3)13-8-6-7-12(5)11(13)4/h9-10H,4,6-8H2,1-3,5H3. The molecule has 0 aromatic heterocycles. The SMILES string of the molecule is C=C1N(C)CCCN1C(C)C(C)C. The van der Waals surface area contributed by atoms with Crippen LogP contribution in [0.2, 0.25) is 0 Å². The molecule has 13 heavy (non-hydrogen) atoms. The predicted molar refractivity (Wildman–Crippen MR) is 57.4 cm³/mol. The van der Waals surface area contributed by atoms with Gasteiger partial charge in [-0.25, -0.2) is 0 Å². The number of hydrogen-bond donors (Lipinski definition) is 0. The van der Waals surface area contributed by atoms with Crippen molar-refractivity contribution in [3.8, 4) is 0 Å². The lowest BCUT2D eigenvalue weighted by atomic mass is 10.0. The number of rotatable bonds is 2. The monoisotopic (exact) mass is 182 g/mol. The predicted octanol–water partition coefficient (Wildman–Crippen LogP) is 2.14. The van der Waals surface area contributed by atoms with E-state index in [2.05, 4.69) is 44.2 Å². The van der Waals surface area contributed by atoms with Crippen molar-refractivity contribution in [2.24, 2.45) is 5.92 Å². The van der Waals surface area contributed by atoms with Crippen molar-refractivity contribution in [2.45, 2.75) is 33.2 Å². The highest BCUT2D eigenvalue weighted by atomic mass is 15.3. The van der Waals surface area contributed by atoms with Crippen LogP contribution in [0.4, 0.5) is 0 Å². The molecule has 76 valence electrons. The Balaban J connectivity index is 2.62. The van der Waals surface area contributed by atoms with Crippen LogP contribution in [0.5, 0.6) is 0 Å². The lowest BCUT2D eigenvalue weighted by molar-refractivity contribution is 0.122. The van der Waals surface area contributed by atoms with Crippen LogP contribution in [0, 0.1) is 5.92 Å². The minimum Gasteiger partial charge on any atom is -0.362 e. The second-order valence-electron chi connectivity index (χ2n) is 4.37. The first kappa shape index (κ1) is 10.4. The third-order valence-electron chi connectivity index (χ3n) is 3.12. The molecule has 0 amide bonds. The smallest absolute Gasteiger partial charge is 0.0965 e. The van der Waals surface area contributed by atoms with Gasteiger partial charge in [-0.2, -0.15) is 0 Å². The molecule has 0 bridgehead atoms. The molecule has 1 heterocycles. The van der Waals surface area contributed by atoms with Crippen LogP contribution in [0.1, 0.15) is 27.2 Å². The molecule has 0 radical (unpaired) electrons. The normalized spacial score (nSPS) is 21.2. The Morgan fingerprint density at radius 1 is 1.23 bits per heavy atom. The molecular formula is C11H22N2. The third kappa shape index (κ3) is 2.17. The van der Waals surface area contributed by atoms with E-state index in [0.29, 0.717) is 12.0 Å². The Morgan fingerprint density at radius 2 is 1.85 bits per heavy atom. The highest BCUT2D eigenvalue weighted by Crippen LogP contribution is 2.21. The van der Waals surface area contributed by atoms with E-state index >= 15 is 0 Å². The van der Waals surface area contributed by atoms with Crippen molar-refractivity contribution < 1.29 is 0 Å². The van der Waals surface area contributed by atoms with Crippen molar-refractivity contribution in [3.63, 3.8) is 0 Å². The molecule has 0 N–H and O–H groups in total. The summed E-state index contributed by atoms with van der Waals surface area (Å²) in [4.78, 5) is 4.68. The lowest BCUT2D eigenvalue weighted by Crippen LogP contribution is -2.46. The van der Waals surface area contributed by atoms with Gasteiger partial charge in [-0.15, -0.1) is 0 Å². The number of hydrogen-bond acceptors (Lipinski definition) is 2. The first-order chi connectivity index (χ1) is 6.04. The molecular weight excluding hydrogens is 160 g/mol. The van der Waals surface area contributed by atoms with Gasteiger partial charge in [0.25, 0.3) is 0 Å². The topological polar surface area (TPSA) is 6.48 Å². The van der Waals surface area contributed by atoms with Crippen LogP contribution in [0.3, 0.4) is 0 Å². The van der Waals surface area contributed by atoms with Gasteiger partial charge in [-0.1, -0.05) is 20.4 Å². The molecule has 1 atom stereocenters. The largest absolute Gasteiger partial charge is 0.362 e. The van der Waals surface area contributed by atoms with Gasteiger partial charge < -0.3 is 9.80 Å². The average molecular weight is 182 g/mol.